The molecule has 0 heteroatoms. The van der Waals surface area contributed by atoms with Gasteiger partial charge in [0.2, 0.25) is 0 Å². The summed E-state index contributed by atoms with van der Waals surface area (Å²) in [5, 5.41) is 0. The lowest BCUT2D eigenvalue weighted by Gasteiger charge is -2.47. The fourth-order valence-corrected chi connectivity index (χ4v) is 5.46. The second-order valence-electron chi connectivity index (χ2n) is 6.15. The van der Waals surface area contributed by atoms with Crippen LogP contribution in [0.15, 0.2) is 36.4 Å². The minimum absolute atomic E-state index is 0.935. The average molecular weight is 208 g/mol. The molecule has 16 heavy (non-hydrogen) atoms. The monoisotopic (exact) mass is 208 g/mol. The third-order valence-electron chi connectivity index (χ3n) is 5.87. The maximum Gasteiger partial charge on any atom is -0.00532 e. The van der Waals surface area contributed by atoms with E-state index in [9.17, 15) is 0 Å². The van der Waals surface area contributed by atoms with E-state index < -0.39 is 0 Å². The minimum atomic E-state index is 0.935. The van der Waals surface area contributed by atoms with E-state index in [1.54, 1.807) is 11.1 Å². The minimum Gasteiger partial charge on any atom is -0.0879 e. The van der Waals surface area contributed by atoms with E-state index in [0.29, 0.717) is 0 Å². The topological polar surface area (TPSA) is 0 Å². The van der Waals surface area contributed by atoms with Crippen LogP contribution in [-0.4, -0.2) is 0 Å². The summed E-state index contributed by atoms with van der Waals surface area (Å²) in [5.74, 6) is 5.85. The Hall–Kier alpha value is -1.04. The quantitative estimate of drug-likeness (QED) is 0.450. The van der Waals surface area contributed by atoms with Gasteiger partial charge in [-0.1, -0.05) is 36.4 Å². The van der Waals surface area contributed by atoms with Crippen LogP contribution in [0.1, 0.15) is 35.8 Å². The Morgan fingerprint density at radius 1 is 0.875 bits per heavy atom. The molecule has 0 aromatic heterocycles. The van der Waals surface area contributed by atoms with Crippen molar-refractivity contribution in [3.63, 3.8) is 0 Å². The second-order valence-corrected chi connectivity index (χ2v) is 6.15. The summed E-state index contributed by atoms with van der Waals surface area (Å²) < 4.78 is 0. The maximum atomic E-state index is 2.53. The van der Waals surface area contributed by atoms with E-state index in [0.717, 1.165) is 35.5 Å². The van der Waals surface area contributed by atoms with Gasteiger partial charge in [0.1, 0.15) is 0 Å². The van der Waals surface area contributed by atoms with E-state index in [-0.39, 0.29) is 0 Å². The third-order valence-corrected chi connectivity index (χ3v) is 5.87. The summed E-state index contributed by atoms with van der Waals surface area (Å²) in [5.41, 5.74) is 3.39. The Labute approximate surface area is 96.4 Å². The van der Waals surface area contributed by atoms with E-state index in [1.165, 1.54) is 12.8 Å². The van der Waals surface area contributed by atoms with Crippen molar-refractivity contribution in [2.24, 2.45) is 23.7 Å². The molecule has 0 nitrogen and oxygen atoms in total. The van der Waals surface area contributed by atoms with Gasteiger partial charge >= 0.3 is 0 Å². The van der Waals surface area contributed by atoms with Gasteiger partial charge in [-0.25, -0.2) is 0 Å². The molecule has 2 bridgehead atoms. The number of rotatable bonds is 0. The Bertz CT molecular complexity index is 499. The lowest BCUT2D eigenvalue weighted by atomic mass is 9.57. The van der Waals surface area contributed by atoms with Crippen LogP contribution in [0.3, 0.4) is 0 Å². The predicted molar refractivity (Wildman–Crippen MR) is 64.3 cm³/mol. The van der Waals surface area contributed by atoms with Gasteiger partial charge in [-0.15, -0.1) is 0 Å². The highest BCUT2D eigenvalue weighted by Gasteiger charge is 2.62. The number of hydrogen-bond donors (Lipinski definition) is 0. The van der Waals surface area contributed by atoms with Gasteiger partial charge in [-0.05, 0) is 59.5 Å². The van der Waals surface area contributed by atoms with E-state index in [1.807, 2.05) is 0 Å². The molecule has 6 unspecified atom stereocenters. The standard InChI is InChI=1S/C16H16/c1-2-5-12-11(4-1)15-13-8-14(16(12)15)10-7-3-6-9(10)13/h1-6,9-10,13-16H,7-8H2. The smallest absolute Gasteiger partial charge is 0.00532 e. The zero-order chi connectivity index (χ0) is 10.3. The van der Waals surface area contributed by atoms with Gasteiger partial charge in [0.05, 0.1) is 0 Å². The van der Waals surface area contributed by atoms with E-state index in [4.69, 9.17) is 0 Å². The molecule has 0 heterocycles. The highest BCUT2D eigenvalue weighted by atomic mass is 14.7. The van der Waals surface area contributed by atoms with Gasteiger partial charge in [-0.3, -0.25) is 0 Å². The Balaban J connectivity index is 1.67. The Morgan fingerprint density at radius 3 is 2.44 bits per heavy atom. The first-order valence-electron chi connectivity index (χ1n) is 6.70. The van der Waals surface area contributed by atoms with Crippen molar-refractivity contribution >= 4 is 0 Å². The SMILES string of the molecule is C1=CC2C(C1)C1CC2C2c3ccccc3C12. The van der Waals surface area contributed by atoms with Crippen LogP contribution >= 0.6 is 0 Å². The van der Waals surface area contributed by atoms with Crippen LogP contribution in [0.4, 0.5) is 0 Å². The highest BCUT2D eigenvalue weighted by Crippen LogP contribution is 2.72. The molecule has 2 saturated carbocycles. The molecule has 0 N–H and O–H groups in total. The lowest BCUT2D eigenvalue weighted by Crippen LogP contribution is -2.36. The van der Waals surface area contributed by atoms with Gasteiger partial charge in [0, 0.05) is 0 Å². The molecule has 80 valence electrons. The van der Waals surface area contributed by atoms with Crippen molar-refractivity contribution in [2.75, 3.05) is 0 Å². The molecular formula is C16H16. The van der Waals surface area contributed by atoms with Crippen LogP contribution in [0.2, 0.25) is 0 Å². The van der Waals surface area contributed by atoms with Gasteiger partial charge in [0.25, 0.3) is 0 Å². The van der Waals surface area contributed by atoms with Crippen molar-refractivity contribution in [2.45, 2.75) is 24.7 Å². The van der Waals surface area contributed by atoms with Crippen molar-refractivity contribution in [3.8, 4) is 0 Å². The first-order valence-corrected chi connectivity index (χ1v) is 6.70. The van der Waals surface area contributed by atoms with Crippen LogP contribution in [0.5, 0.6) is 0 Å². The summed E-state index contributed by atoms with van der Waals surface area (Å²) in [6, 6.07) is 9.22. The normalized spacial score (nSPS) is 49.8. The number of allylic oxidation sites excluding steroid dienone is 2. The predicted octanol–water partition coefficient (Wildman–Crippen LogP) is 3.71. The zero-order valence-corrected chi connectivity index (χ0v) is 9.34. The summed E-state index contributed by atoms with van der Waals surface area (Å²) >= 11 is 0. The summed E-state index contributed by atoms with van der Waals surface area (Å²) in [7, 11) is 0. The largest absolute Gasteiger partial charge is 0.0879 e. The van der Waals surface area contributed by atoms with Crippen LogP contribution in [0, 0.1) is 23.7 Å². The van der Waals surface area contributed by atoms with Gasteiger partial charge in [0.15, 0.2) is 0 Å². The van der Waals surface area contributed by atoms with Crippen LogP contribution in [0.25, 0.3) is 0 Å². The molecule has 5 rings (SSSR count). The third kappa shape index (κ3) is 0.687. The van der Waals surface area contributed by atoms with Gasteiger partial charge in [-0.2, -0.15) is 0 Å². The summed E-state index contributed by atoms with van der Waals surface area (Å²) in [4.78, 5) is 0. The maximum absolute atomic E-state index is 2.53. The van der Waals surface area contributed by atoms with Crippen LogP contribution < -0.4 is 0 Å². The fraction of sp³-hybridized carbons (Fsp3) is 0.500. The molecule has 6 atom stereocenters. The van der Waals surface area contributed by atoms with Crippen molar-refractivity contribution in [1.29, 1.82) is 0 Å². The summed E-state index contributed by atoms with van der Waals surface area (Å²) in [6.45, 7) is 0. The molecule has 0 aliphatic heterocycles. The second kappa shape index (κ2) is 2.45. The number of benzene rings is 1. The van der Waals surface area contributed by atoms with Crippen molar-refractivity contribution in [3.05, 3.63) is 47.5 Å². The summed E-state index contributed by atoms with van der Waals surface area (Å²) in [6.07, 6.45) is 7.87. The molecule has 0 radical (unpaired) electrons. The van der Waals surface area contributed by atoms with E-state index in [2.05, 4.69) is 36.4 Å². The molecule has 0 spiro atoms. The fourth-order valence-electron chi connectivity index (χ4n) is 5.46. The van der Waals surface area contributed by atoms with Crippen molar-refractivity contribution < 1.29 is 0 Å². The molecule has 2 fully saturated rings. The zero-order valence-electron chi connectivity index (χ0n) is 9.34. The lowest BCUT2D eigenvalue weighted by molar-refractivity contribution is 0.200. The van der Waals surface area contributed by atoms with E-state index >= 15 is 0 Å². The molecule has 4 aliphatic carbocycles. The average Bonchev–Trinajstić information content (AvgIpc) is 2.94. The molecule has 1 aromatic rings. The molecule has 4 aliphatic rings. The molecule has 1 aromatic carbocycles. The van der Waals surface area contributed by atoms with Crippen LogP contribution in [-0.2, 0) is 0 Å². The molecular weight excluding hydrogens is 192 g/mol. The number of fused-ring (bicyclic) bond motifs is 11. The Kier molecular flexibility index (Phi) is 1.24. The molecule has 0 amide bonds. The first-order chi connectivity index (χ1) is 7.95. The van der Waals surface area contributed by atoms with Gasteiger partial charge < -0.3 is 0 Å². The molecule has 0 saturated heterocycles. The first kappa shape index (κ1) is 8.11. The Morgan fingerprint density at radius 2 is 1.62 bits per heavy atom. The van der Waals surface area contributed by atoms with Crippen molar-refractivity contribution in [1.82, 2.24) is 0 Å². The number of hydrogen-bond acceptors (Lipinski definition) is 0. The highest BCUT2D eigenvalue weighted by molar-refractivity contribution is 5.50.